The maximum atomic E-state index is 8.36. The summed E-state index contributed by atoms with van der Waals surface area (Å²) in [6, 6.07) is 16.1. The van der Waals surface area contributed by atoms with E-state index in [0.717, 1.165) is 28.7 Å². The summed E-state index contributed by atoms with van der Waals surface area (Å²) in [5.41, 5.74) is 5.49. The zero-order valence-electron chi connectivity index (χ0n) is 19.4. The Morgan fingerprint density at radius 2 is 1.45 bits per heavy atom. The van der Waals surface area contributed by atoms with Gasteiger partial charge in [0, 0.05) is 17.6 Å². The first-order valence-corrected chi connectivity index (χ1v) is 12.0. The van der Waals surface area contributed by atoms with E-state index >= 15 is 0 Å². The van der Waals surface area contributed by atoms with Gasteiger partial charge in [0.05, 0.1) is 5.52 Å². The molecule has 2 aliphatic rings. The first kappa shape index (κ1) is 24.6. The van der Waals surface area contributed by atoms with Crippen LogP contribution in [0.5, 0.6) is 0 Å². The van der Waals surface area contributed by atoms with Crippen LogP contribution in [0.25, 0.3) is 22.2 Å². The van der Waals surface area contributed by atoms with Crippen LogP contribution in [0, 0.1) is 17.0 Å². The standard InChI is InChI=1S/C13H11N3.C12H23N.HNO3/c1-9-5-2-3-6-10(9)11-7-4-8-12-13(11)15-16-14-12;1-3-7-11(8-4-1)13-12-9-5-2-6-10-12;2-1(3)4/h2-8H,1H3,(H,14,15,16);11-13H,1-10H2;(H,2,3,4). The average molecular weight is 454 g/mol. The molecule has 8 heteroatoms. The van der Waals surface area contributed by atoms with Gasteiger partial charge in [0.25, 0.3) is 5.09 Å². The van der Waals surface area contributed by atoms with Crippen molar-refractivity contribution < 1.29 is 10.3 Å². The molecule has 0 aliphatic heterocycles. The molecular formula is C25H35N5O3. The van der Waals surface area contributed by atoms with Crippen molar-refractivity contribution in [3.8, 4) is 11.1 Å². The van der Waals surface area contributed by atoms with Gasteiger partial charge in [0.2, 0.25) is 0 Å². The molecule has 3 aromatic rings. The summed E-state index contributed by atoms with van der Waals surface area (Å²) in [7, 11) is 0. The zero-order valence-corrected chi connectivity index (χ0v) is 19.4. The van der Waals surface area contributed by atoms with Crippen molar-refractivity contribution >= 4 is 11.0 Å². The van der Waals surface area contributed by atoms with Gasteiger partial charge in [-0.3, -0.25) is 5.10 Å². The third-order valence-electron chi connectivity index (χ3n) is 6.47. The van der Waals surface area contributed by atoms with E-state index in [1.54, 1.807) is 0 Å². The summed E-state index contributed by atoms with van der Waals surface area (Å²) in [5, 5.41) is 28.4. The maximum Gasteiger partial charge on any atom is 0.291 e. The van der Waals surface area contributed by atoms with E-state index in [1.807, 2.05) is 24.3 Å². The largest absolute Gasteiger partial charge is 0.328 e. The minimum Gasteiger partial charge on any atom is -0.328 e. The Morgan fingerprint density at radius 3 is 2.03 bits per heavy atom. The lowest BCUT2D eigenvalue weighted by atomic mass is 9.91. The van der Waals surface area contributed by atoms with Gasteiger partial charge in [-0.25, -0.2) is 0 Å². The number of hydrogen-bond donors (Lipinski definition) is 3. The molecule has 0 bridgehead atoms. The van der Waals surface area contributed by atoms with E-state index in [-0.39, 0.29) is 0 Å². The van der Waals surface area contributed by atoms with Crippen LogP contribution < -0.4 is 5.32 Å². The Hall–Kier alpha value is -3.00. The second-order valence-electron chi connectivity index (χ2n) is 8.90. The smallest absolute Gasteiger partial charge is 0.291 e. The van der Waals surface area contributed by atoms with Crippen molar-refractivity contribution in [2.75, 3.05) is 0 Å². The third kappa shape index (κ3) is 7.82. The number of aromatic nitrogens is 3. The lowest BCUT2D eigenvalue weighted by Gasteiger charge is -2.30. The quantitative estimate of drug-likeness (QED) is 0.339. The van der Waals surface area contributed by atoms with Gasteiger partial charge >= 0.3 is 0 Å². The number of fused-ring (bicyclic) bond motifs is 1. The first-order chi connectivity index (χ1) is 16.0. The molecular weight excluding hydrogens is 418 g/mol. The fourth-order valence-corrected chi connectivity index (χ4v) is 4.83. The van der Waals surface area contributed by atoms with E-state index in [2.05, 4.69) is 45.9 Å². The molecule has 2 fully saturated rings. The van der Waals surface area contributed by atoms with Gasteiger partial charge in [-0.2, -0.15) is 0 Å². The molecule has 2 saturated carbocycles. The van der Waals surface area contributed by atoms with Crippen molar-refractivity contribution in [1.29, 1.82) is 0 Å². The Labute approximate surface area is 194 Å². The molecule has 33 heavy (non-hydrogen) atoms. The monoisotopic (exact) mass is 453 g/mol. The highest BCUT2D eigenvalue weighted by Gasteiger charge is 2.19. The van der Waals surface area contributed by atoms with E-state index < -0.39 is 5.09 Å². The molecule has 1 heterocycles. The van der Waals surface area contributed by atoms with Crippen LogP contribution in [0.15, 0.2) is 42.5 Å². The summed E-state index contributed by atoms with van der Waals surface area (Å²) in [6.45, 7) is 2.11. The number of nitrogens with one attached hydrogen (secondary N) is 2. The van der Waals surface area contributed by atoms with Crippen LogP contribution in [0.2, 0.25) is 0 Å². The van der Waals surface area contributed by atoms with E-state index in [4.69, 9.17) is 15.3 Å². The molecule has 5 rings (SSSR count). The zero-order chi connectivity index (χ0) is 23.5. The van der Waals surface area contributed by atoms with Crippen molar-refractivity contribution in [3.05, 3.63) is 58.1 Å². The van der Waals surface area contributed by atoms with Crippen molar-refractivity contribution in [2.24, 2.45) is 0 Å². The molecule has 3 N–H and O–H groups in total. The predicted molar refractivity (Wildman–Crippen MR) is 130 cm³/mol. The number of benzene rings is 2. The molecule has 0 atom stereocenters. The number of aryl methyl sites for hydroxylation is 1. The van der Waals surface area contributed by atoms with Crippen LogP contribution in [-0.4, -0.2) is 37.8 Å². The number of nitrogens with zero attached hydrogens (tertiary/aromatic N) is 3. The van der Waals surface area contributed by atoms with Gasteiger partial charge < -0.3 is 10.5 Å². The predicted octanol–water partition coefficient (Wildman–Crippen LogP) is 5.83. The second kappa shape index (κ2) is 12.9. The number of H-pyrrole nitrogens is 1. The van der Waals surface area contributed by atoms with Gasteiger partial charge in [-0.1, -0.05) is 80.1 Å². The molecule has 0 spiro atoms. The summed E-state index contributed by atoms with van der Waals surface area (Å²) in [4.78, 5) is 8.36. The van der Waals surface area contributed by atoms with E-state index in [9.17, 15) is 0 Å². The van der Waals surface area contributed by atoms with Gasteiger partial charge in [0.15, 0.2) is 0 Å². The summed E-state index contributed by atoms with van der Waals surface area (Å²) >= 11 is 0. The maximum absolute atomic E-state index is 8.36. The van der Waals surface area contributed by atoms with Crippen molar-refractivity contribution in [1.82, 2.24) is 20.7 Å². The van der Waals surface area contributed by atoms with Crippen molar-refractivity contribution in [2.45, 2.75) is 83.2 Å². The molecule has 0 radical (unpaired) electrons. The first-order valence-electron chi connectivity index (χ1n) is 12.0. The summed E-state index contributed by atoms with van der Waals surface area (Å²) in [5.74, 6) is 0. The van der Waals surface area contributed by atoms with E-state index in [1.165, 1.54) is 75.3 Å². The Morgan fingerprint density at radius 1 is 0.909 bits per heavy atom. The molecule has 2 aliphatic carbocycles. The Balaban J connectivity index is 0.000000163. The minimum absolute atomic E-state index is 0.872. The lowest BCUT2D eigenvalue weighted by molar-refractivity contribution is -0.742. The highest BCUT2D eigenvalue weighted by atomic mass is 16.9. The highest BCUT2D eigenvalue weighted by Crippen LogP contribution is 2.28. The summed E-state index contributed by atoms with van der Waals surface area (Å²) < 4.78 is 0. The molecule has 0 saturated heterocycles. The number of aromatic amines is 1. The highest BCUT2D eigenvalue weighted by molar-refractivity contribution is 5.91. The van der Waals surface area contributed by atoms with E-state index in [0.29, 0.717) is 0 Å². The topological polar surface area (TPSA) is 117 Å². The van der Waals surface area contributed by atoms with Crippen LogP contribution in [0.4, 0.5) is 0 Å². The fourth-order valence-electron chi connectivity index (χ4n) is 4.83. The normalized spacial score (nSPS) is 16.9. The SMILES string of the molecule is C1CCC(NC2CCCCC2)CC1.Cc1ccccc1-c1cccc2[nH]nnc12.O=[N+]([O-])O. The van der Waals surface area contributed by atoms with Crippen LogP contribution in [-0.2, 0) is 0 Å². The summed E-state index contributed by atoms with van der Waals surface area (Å²) in [6.07, 6.45) is 14.6. The molecule has 0 unspecified atom stereocenters. The van der Waals surface area contributed by atoms with Crippen LogP contribution in [0.3, 0.4) is 0 Å². The average Bonchev–Trinajstić information content (AvgIpc) is 3.30. The van der Waals surface area contributed by atoms with Gasteiger partial charge in [-0.05, 0) is 49.8 Å². The van der Waals surface area contributed by atoms with Gasteiger partial charge in [-0.15, -0.1) is 15.2 Å². The number of hydrogen-bond acceptors (Lipinski definition) is 5. The molecule has 0 amide bonds. The molecule has 1 aromatic heterocycles. The third-order valence-corrected chi connectivity index (χ3v) is 6.47. The molecule has 8 nitrogen and oxygen atoms in total. The van der Waals surface area contributed by atoms with Gasteiger partial charge in [0.1, 0.15) is 5.52 Å². The Kier molecular flexibility index (Phi) is 9.62. The minimum atomic E-state index is -1.50. The van der Waals surface area contributed by atoms with Crippen LogP contribution >= 0.6 is 0 Å². The second-order valence-corrected chi connectivity index (χ2v) is 8.90. The van der Waals surface area contributed by atoms with Crippen LogP contribution in [0.1, 0.15) is 69.8 Å². The Bertz CT molecular complexity index is 974. The molecule has 178 valence electrons. The fraction of sp³-hybridized carbons (Fsp3) is 0.520. The number of rotatable bonds is 3. The molecule has 2 aromatic carbocycles. The van der Waals surface area contributed by atoms with Crippen molar-refractivity contribution in [3.63, 3.8) is 0 Å². The lowest BCUT2D eigenvalue weighted by Crippen LogP contribution is -2.40.